The Kier molecular flexibility index (Phi) is 8.66. The third-order valence-corrected chi connectivity index (χ3v) is 9.66. The lowest BCUT2D eigenvalue weighted by atomic mass is 10.1. The van der Waals surface area contributed by atoms with Crippen molar-refractivity contribution < 1.29 is 31.8 Å². The molecule has 0 N–H and O–H groups in total. The Morgan fingerprint density at radius 2 is 1.70 bits per heavy atom. The van der Waals surface area contributed by atoms with Gasteiger partial charge in [0.05, 0.1) is 31.2 Å². The SMILES string of the molecule is Cc1ccc(CN(Cc2ccc3c(c2)OCO3)C(=O)CN(CCN2CCOCC2)S(=O)(=O)c2cccc3ccccc23)o1. The molecule has 0 radical (unpaired) electrons. The number of furan rings is 1. The Labute approximate surface area is 251 Å². The molecule has 0 aliphatic carbocycles. The summed E-state index contributed by atoms with van der Waals surface area (Å²) in [5.41, 5.74) is 0.831. The highest BCUT2D eigenvalue weighted by atomic mass is 32.2. The number of rotatable bonds is 11. The molecule has 2 aliphatic rings. The van der Waals surface area contributed by atoms with Gasteiger partial charge < -0.3 is 23.5 Å². The molecule has 1 aromatic heterocycles. The van der Waals surface area contributed by atoms with Crippen LogP contribution < -0.4 is 9.47 Å². The molecule has 1 saturated heterocycles. The number of fused-ring (bicyclic) bond motifs is 2. The Morgan fingerprint density at radius 1 is 0.907 bits per heavy atom. The van der Waals surface area contributed by atoms with E-state index in [-0.39, 0.29) is 43.8 Å². The number of carbonyl (C=O) groups excluding carboxylic acids is 1. The number of morpholine rings is 1. The fraction of sp³-hybridized carbons (Fsp3) is 0.344. The van der Waals surface area contributed by atoms with Crippen molar-refractivity contribution >= 4 is 26.7 Å². The predicted octanol–water partition coefficient (Wildman–Crippen LogP) is 4.02. The number of nitrogens with zero attached hydrogens (tertiary/aromatic N) is 3. The summed E-state index contributed by atoms with van der Waals surface area (Å²) in [7, 11) is -4.04. The van der Waals surface area contributed by atoms with Gasteiger partial charge in [0.15, 0.2) is 11.5 Å². The number of carbonyl (C=O) groups is 1. The van der Waals surface area contributed by atoms with Crippen LogP contribution in [0, 0.1) is 6.92 Å². The molecule has 2 aliphatic heterocycles. The van der Waals surface area contributed by atoms with Crippen LogP contribution in [0.5, 0.6) is 11.5 Å². The summed E-state index contributed by atoms with van der Waals surface area (Å²) in [5.74, 6) is 2.28. The maximum atomic E-state index is 14.3. The maximum Gasteiger partial charge on any atom is 0.244 e. The van der Waals surface area contributed by atoms with Crippen LogP contribution >= 0.6 is 0 Å². The summed E-state index contributed by atoms with van der Waals surface area (Å²) in [6, 6.07) is 21.8. The molecule has 0 bridgehead atoms. The Hall–Kier alpha value is -3.90. The lowest BCUT2D eigenvalue weighted by Crippen LogP contribution is -2.47. The van der Waals surface area contributed by atoms with Gasteiger partial charge in [-0.15, -0.1) is 0 Å². The highest BCUT2D eigenvalue weighted by Gasteiger charge is 2.31. The van der Waals surface area contributed by atoms with E-state index < -0.39 is 10.0 Å². The molecule has 0 atom stereocenters. The van der Waals surface area contributed by atoms with Crippen LogP contribution in [0.15, 0.2) is 82.1 Å². The quantitative estimate of drug-likeness (QED) is 0.253. The van der Waals surface area contributed by atoms with Gasteiger partial charge in [0.2, 0.25) is 22.7 Å². The molecule has 0 spiro atoms. The van der Waals surface area contributed by atoms with E-state index >= 15 is 0 Å². The fourth-order valence-electron chi connectivity index (χ4n) is 5.42. The van der Waals surface area contributed by atoms with E-state index in [1.807, 2.05) is 61.5 Å². The smallest absolute Gasteiger partial charge is 0.244 e. The van der Waals surface area contributed by atoms with Crippen molar-refractivity contribution in [3.8, 4) is 11.5 Å². The zero-order chi connectivity index (χ0) is 29.8. The molecule has 3 aromatic carbocycles. The minimum atomic E-state index is -4.04. The molecule has 10 nitrogen and oxygen atoms in total. The van der Waals surface area contributed by atoms with Crippen LogP contribution in [0.4, 0.5) is 0 Å². The van der Waals surface area contributed by atoms with Crippen molar-refractivity contribution in [3.05, 3.63) is 89.9 Å². The highest BCUT2D eigenvalue weighted by Crippen LogP contribution is 2.33. The first kappa shape index (κ1) is 29.2. The monoisotopic (exact) mass is 605 g/mol. The van der Waals surface area contributed by atoms with Gasteiger partial charge in [0, 0.05) is 38.1 Å². The number of sulfonamides is 1. The van der Waals surface area contributed by atoms with Crippen molar-refractivity contribution in [2.24, 2.45) is 0 Å². The molecule has 1 amide bonds. The van der Waals surface area contributed by atoms with E-state index in [0.29, 0.717) is 55.5 Å². The first-order valence-corrected chi connectivity index (χ1v) is 15.8. The summed E-state index contributed by atoms with van der Waals surface area (Å²) in [6.45, 7) is 5.37. The van der Waals surface area contributed by atoms with Gasteiger partial charge in [-0.05, 0) is 48.2 Å². The predicted molar refractivity (Wildman–Crippen MR) is 160 cm³/mol. The first-order valence-electron chi connectivity index (χ1n) is 14.4. The molecule has 11 heteroatoms. The topological polar surface area (TPSA) is 102 Å². The van der Waals surface area contributed by atoms with Crippen molar-refractivity contribution in [2.45, 2.75) is 24.9 Å². The average Bonchev–Trinajstić information content (AvgIpc) is 3.67. The molecule has 43 heavy (non-hydrogen) atoms. The van der Waals surface area contributed by atoms with Crippen LogP contribution in [0.1, 0.15) is 17.1 Å². The van der Waals surface area contributed by atoms with Gasteiger partial charge in [-0.25, -0.2) is 8.42 Å². The summed E-state index contributed by atoms with van der Waals surface area (Å²) in [6.07, 6.45) is 0. The van der Waals surface area contributed by atoms with Gasteiger partial charge in [0.25, 0.3) is 0 Å². The van der Waals surface area contributed by atoms with Crippen molar-refractivity contribution in [1.82, 2.24) is 14.1 Å². The second kappa shape index (κ2) is 12.8. The minimum absolute atomic E-state index is 0.150. The number of aryl methyl sites for hydroxylation is 1. The standard InChI is InChI=1S/C32H35N3O7S/c1-24-9-11-27(42-24)21-34(20-25-10-12-29-30(19-25)41-23-40-29)32(36)22-35(14-13-33-15-17-39-18-16-33)43(37,38)31-8-4-6-26-5-2-3-7-28(26)31/h2-12,19H,13-18,20-23H2,1H3. The highest BCUT2D eigenvalue weighted by molar-refractivity contribution is 7.89. The average molecular weight is 606 g/mol. The van der Waals surface area contributed by atoms with Gasteiger partial charge >= 0.3 is 0 Å². The lowest BCUT2D eigenvalue weighted by molar-refractivity contribution is -0.133. The van der Waals surface area contributed by atoms with E-state index in [0.717, 1.165) is 16.7 Å². The minimum Gasteiger partial charge on any atom is -0.464 e. The van der Waals surface area contributed by atoms with Gasteiger partial charge in [-0.1, -0.05) is 42.5 Å². The van der Waals surface area contributed by atoms with Crippen LogP contribution in [0.2, 0.25) is 0 Å². The number of ether oxygens (including phenoxy) is 3. The van der Waals surface area contributed by atoms with Crippen LogP contribution in [0.3, 0.4) is 0 Å². The largest absolute Gasteiger partial charge is 0.464 e. The van der Waals surface area contributed by atoms with Crippen LogP contribution in [-0.2, 0) is 32.6 Å². The van der Waals surface area contributed by atoms with Crippen molar-refractivity contribution in [1.29, 1.82) is 0 Å². The number of hydrogen-bond acceptors (Lipinski definition) is 8. The summed E-state index contributed by atoms with van der Waals surface area (Å²) in [5, 5.41) is 1.44. The van der Waals surface area contributed by atoms with Gasteiger partial charge in [-0.3, -0.25) is 9.69 Å². The first-order chi connectivity index (χ1) is 20.9. The zero-order valence-corrected chi connectivity index (χ0v) is 24.9. The molecule has 0 unspecified atom stereocenters. The molecule has 3 heterocycles. The van der Waals surface area contributed by atoms with E-state index in [1.165, 1.54) is 4.31 Å². The summed E-state index contributed by atoms with van der Waals surface area (Å²) < 4.78 is 52.1. The molecule has 4 aromatic rings. The third kappa shape index (κ3) is 6.70. The number of amides is 1. The maximum absolute atomic E-state index is 14.3. The van der Waals surface area contributed by atoms with E-state index in [2.05, 4.69) is 4.90 Å². The second-order valence-electron chi connectivity index (χ2n) is 10.7. The van der Waals surface area contributed by atoms with E-state index in [1.54, 1.807) is 23.1 Å². The number of hydrogen-bond donors (Lipinski definition) is 0. The summed E-state index contributed by atoms with van der Waals surface area (Å²) in [4.78, 5) is 18.1. The molecule has 0 saturated carbocycles. The normalized spacial score (nSPS) is 15.3. The van der Waals surface area contributed by atoms with Gasteiger partial charge in [0.1, 0.15) is 11.5 Å². The molecular formula is C32H35N3O7S. The fourth-order valence-corrected chi connectivity index (χ4v) is 7.02. The van der Waals surface area contributed by atoms with Crippen LogP contribution in [0.25, 0.3) is 10.8 Å². The third-order valence-electron chi connectivity index (χ3n) is 7.75. The molecule has 226 valence electrons. The second-order valence-corrected chi connectivity index (χ2v) is 12.6. The van der Waals surface area contributed by atoms with Gasteiger partial charge in [-0.2, -0.15) is 4.31 Å². The van der Waals surface area contributed by atoms with Crippen molar-refractivity contribution in [2.75, 3.05) is 52.7 Å². The van der Waals surface area contributed by atoms with Crippen LogP contribution in [-0.4, -0.2) is 81.2 Å². The number of benzene rings is 3. The lowest BCUT2D eigenvalue weighted by Gasteiger charge is -2.31. The molecule has 1 fully saturated rings. The summed E-state index contributed by atoms with van der Waals surface area (Å²) >= 11 is 0. The van der Waals surface area contributed by atoms with Crippen molar-refractivity contribution in [3.63, 3.8) is 0 Å². The van der Waals surface area contributed by atoms with E-state index in [4.69, 9.17) is 18.6 Å². The Balaban J connectivity index is 1.30. The Morgan fingerprint density at radius 3 is 2.51 bits per heavy atom. The van der Waals surface area contributed by atoms with E-state index in [9.17, 15) is 13.2 Å². The molecule has 6 rings (SSSR count). The molecular weight excluding hydrogens is 570 g/mol. The Bertz CT molecular complexity index is 1690. The zero-order valence-electron chi connectivity index (χ0n) is 24.1.